The van der Waals surface area contributed by atoms with Crippen molar-refractivity contribution in [1.29, 1.82) is 0 Å². The normalized spacial score (nSPS) is 25.1. The van der Waals surface area contributed by atoms with Crippen molar-refractivity contribution in [2.24, 2.45) is 5.11 Å². The molecule has 0 spiro atoms. The zero-order valence-corrected chi connectivity index (χ0v) is 18.3. The minimum absolute atomic E-state index is 0.134. The monoisotopic (exact) mass is 475 g/mol. The van der Waals surface area contributed by atoms with E-state index < -0.39 is 53.5 Å². The number of hydrogen-bond donors (Lipinski definition) is 0. The van der Waals surface area contributed by atoms with E-state index in [4.69, 9.17) is 36.1 Å². The lowest BCUT2D eigenvalue weighted by Gasteiger charge is -2.43. The third kappa shape index (κ3) is 7.00. The van der Waals surface area contributed by atoms with Gasteiger partial charge in [0.25, 0.3) is 0 Å². The lowest BCUT2D eigenvalue weighted by molar-refractivity contribution is -0.201. The van der Waals surface area contributed by atoms with Gasteiger partial charge in [-0.25, -0.2) is 4.39 Å². The van der Waals surface area contributed by atoms with Crippen LogP contribution >= 0.6 is 23.4 Å². The first-order valence-corrected chi connectivity index (χ1v) is 10.2. The number of halogens is 2. The molecule has 31 heavy (non-hydrogen) atoms. The van der Waals surface area contributed by atoms with E-state index in [0.29, 0.717) is 4.90 Å². The van der Waals surface area contributed by atoms with Gasteiger partial charge in [0.2, 0.25) is 0 Å². The fourth-order valence-electron chi connectivity index (χ4n) is 2.85. The molecule has 0 bridgehead atoms. The maximum Gasteiger partial charge on any atom is 0.303 e. The van der Waals surface area contributed by atoms with E-state index in [2.05, 4.69) is 10.0 Å². The molecule has 1 aromatic carbocycles. The molecule has 0 saturated carbocycles. The van der Waals surface area contributed by atoms with E-state index in [1.54, 1.807) is 0 Å². The number of rotatable bonds is 7. The predicted octanol–water partition coefficient (Wildman–Crippen LogP) is 3.40. The lowest BCUT2D eigenvalue weighted by atomic mass is 9.97. The van der Waals surface area contributed by atoms with Gasteiger partial charge in [0, 0.05) is 30.6 Å². The fraction of sp³-hybridized carbons (Fsp3) is 0.500. The highest BCUT2D eigenvalue weighted by Crippen LogP contribution is 2.38. The number of thioether (sulfide) groups is 1. The van der Waals surface area contributed by atoms with E-state index in [1.807, 2.05) is 0 Å². The van der Waals surface area contributed by atoms with Crippen molar-refractivity contribution >= 4 is 41.3 Å². The summed E-state index contributed by atoms with van der Waals surface area (Å²) < 4.78 is 35.0. The van der Waals surface area contributed by atoms with Gasteiger partial charge in [0.1, 0.15) is 42.2 Å². The van der Waals surface area contributed by atoms with Gasteiger partial charge in [-0.2, -0.15) is 0 Å². The van der Waals surface area contributed by atoms with Crippen LogP contribution in [0.5, 0.6) is 0 Å². The van der Waals surface area contributed by atoms with Gasteiger partial charge in [-0.1, -0.05) is 28.5 Å². The van der Waals surface area contributed by atoms with Gasteiger partial charge in [-0.15, -0.1) is 0 Å². The van der Waals surface area contributed by atoms with Gasteiger partial charge < -0.3 is 18.9 Å². The highest BCUT2D eigenvalue weighted by Gasteiger charge is 2.50. The Hall–Kier alpha value is -2.53. The number of carbonyl (C=O) groups excluding carboxylic acids is 3. The third-order valence-corrected chi connectivity index (χ3v) is 5.43. The van der Waals surface area contributed by atoms with Crippen LogP contribution in [-0.4, -0.2) is 54.3 Å². The van der Waals surface area contributed by atoms with Crippen LogP contribution in [0.15, 0.2) is 28.2 Å². The molecule has 0 radical (unpaired) electrons. The highest BCUT2D eigenvalue weighted by molar-refractivity contribution is 7.99. The Bertz CT molecular complexity index is 899. The molecule has 1 aliphatic rings. The molecule has 10 nitrogen and oxygen atoms in total. The molecule has 0 N–H and O–H groups in total. The van der Waals surface area contributed by atoms with Crippen molar-refractivity contribution in [2.75, 3.05) is 6.61 Å². The molecule has 168 valence electrons. The predicted molar refractivity (Wildman–Crippen MR) is 107 cm³/mol. The first-order chi connectivity index (χ1) is 14.6. The van der Waals surface area contributed by atoms with Gasteiger partial charge >= 0.3 is 17.9 Å². The molecule has 0 amide bonds. The second kappa shape index (κ2) is 11.2. The molecule has 0 aliphatic carbocycles. The first-order valence-electron chi connectivity index (χ1n) is 8.91. The smallest absolute Gasteiger partial charge is 0.303 e. The van der Waals surface area contributed by atoms with Gasteiger partial charge in [-0.05, 0) is 23.7 Å². The second-order valence-electron chi connectivity index (χ2n) is 6.38. The standard InChI is InChI=1S/C18H19ClFN3O7S/c1-8(24)27-7-14-16(28-9(2)25)15(22-23-21)17(29-10(3)26)18(30-14)31-11-4-5-13(20)12(19)6-11/h4-6,14-18H,7H2,1-3H3/t14-,15+,16+,17-,18-/m1/s1. The maximum atomic E-state index is 13.5. The van der Waals surface area contributed by atoms with Crippen LogP contribution in [0, 0.1) is 5.82 Å². The summed E-state index contributed by atoms with van der Waals surface area (Å²) in [5.41, 5.74) is 8.06. The molecule has 1 fully saturated rings. The molecule has 0 aromatic heterocycles. The van der Waals surface area contributed by atoms with Crippen molar-refractivity contribution < 1.29 is 37.7 Å². The van der Waals surface area contributed by atoms with Gasteiger partial charge in [-0.3, -0.25) is 14.4 Å². The fourth-order valence-corrected chi connectivity index (χ4v) is 4.25. The van der Waals surface area contributed by atoms with Crippen LogP contribution in [0.25, 0.3) is 10.4 Å². The average Bonchev–Trinajstić information content (AvgIpc) is 2.67. The highest BCUT2D eigenvalue weighted by atomic mass is 35.5. The Morgan fingerprint density at radius 1 is 1.19 bits per heavy atom. The van der Waals surface area contributed by atoms with Crippen molar-refractivity contribution in [3.05, 3.63) is 39.5 Å². The number of carbonyl (C=O) groups is 3. The quantitative estimate of drug-likeness (QED) is 0.192. The molecular formula is C18H19ClFN3O7S. The SMILES string of the molecule is CC(=O)OC[C@H]1O[C@H](Sc2ccc(F)c(Cl)c2)[C@H](OC(C)=O)[C@@H](N=[N+]=[N-])[C@H]1OC(C)=O. The summed E-state index contributed by atoms with van der Waals surface area (Å²) in [5.74, 6) is -2.64. The Morgan fingerprint density at radius 2 is 1.84 bits per heavy atom. The summed E-state index contributed by atoms with van der Waals surface area (Å²) in [6.45, 7) is 3.15. The first kappa shape index (κ1) is 24.7. The van der Waals surface area contributed by atoms with E-state index >= 15 is 0 Å². The number of benzene rings is 1. The molecule has 13 heteroatoms. The second-order valence-corrected chi connectivity index (χ2v) is 7.96. The van der Waals surface area contributed by atoms with E-state index in [0.717, 1.165) is 31.7 Å². The van der Waals surface area contributed by atoms with Gasteiger partial charge in [0.15, 0.2) is 0 Å². The average molecular weight is 476 g/mol. The van der Waals surface area contributed by atoms with Crippen LogP contribution in [0.1, 0.15) is 20.8 Å². The van der Waals surface area contributed by atoms with E-state index in [1.165, 1.54) is 19.1 Å². The molecule has 1 aliphatic heterocycles. The lowest BCUT2D eigenvalue weighted by Crippen LogP contribution is -2.59. The van der Waals surface area contributed by atoms with Crippen LogP contribution in [-0.2, 0) is 33.3 Å². The van der Waals surface area contributed by atoms with Crippen molar-refractivity contribution in [3.63, 3.8) is 0 Å². The van der Waals surface area contributed by atoms with Crippen molar-refractivity contribution in [3.8, 4) is 0 Å². The molecule has 1 heterocycles. The molecule has 5 atom stereocenters. The van der Waals surface area contributed by atoms with E-state index in [-0.39, 0.29) is 11.6 Å². The zero-order chi connectivity index (χ0) is 23.1. The third-order valence-electron chi connectivity index (χ3n) is 4.00. The minimum Gasteiger partial charge on any atom is -0.463 e. The van der Waals surface area contributed by atoms with Crippen LogP contribution < -0.4 is 0 Å². The maximum absolute atomic E-state index is 13.5. The minimum atomic E-state index is -1.20. The summed E-state index contributed by atoms with van der Waals surface area (Å²) in [6, 6.07) is 2.73. The summed E-state index contributed by atoms with van der Waals surface area (Å²) in [4.78, 5) is 37.9. The Balaban J connectivity index is 2.44. The molecular weight excluding hydrogens is 457 g/mol. The van der Waals surface area contributed by atoms with Crippen LogP contribution in [0.4, 0.5) is 4.39 Å². The zero-order valence-electron chi connectivity index (χ0n) is 16.7. The Labute approximate surface area is 185 Å². The molecule has 0 unspecified atom stereocenters. The molecule has 1 saturated heterocycles. The van der Waals surface area contributed by atoms with Crippen molar-refractivity contribution in [1.82, 2.24) is 0 Å². The van der Waals surface area contributed by atoms with Crippen molar-refractivity contribution in [2.45, 2.75) is 55.5 Å². The number of ether oxygens (including phenoxy) is 4. The van der Waals surface area contributed by atoms with Gasteiger partial charge in [0.05, 0.1) is 5.02 Å². The van der Waals surface area contributed by atoms with E-state index in [9.17, 15) is 18.8 Å². The number of esters is 3. The topological polar surface area (TPSA) is 137 Å². The van der Waals surface area contributed by atoms with Crippen LogP contribution in [0.3, 0.4) is 0 Å². The summed E-state index contributed by atoms with van der Waals surface area (Å²) in [6.07, 6.45) is -3.42. The van der Waals surface area contributed by atoms with Crippen LogP contribution in [0.2, 0.25) is 5.02 Å². The molecule has 2 rings (SSSR count). The number of azide groups is 1. The summed E-state index contributed by atoms with van der Waals surface area (Å²) >= 11 is 6.84. The number of hydrogen-bond acceptors (Lipinski definition) is 9. The molecule has 1 aromatic rings. The summed E-state index contributed by atoms with van der Waals surface area (Å²) in [7, 11) is 0. The summed E-state index contributed by atoms with van der Waals surface area (Å²) in [5, 5.41) is 3.53. The number of nitrogens with zero attached hydrogens (tertiary/aromatic N) is 3. The largest absolute Gasteiger partial charge is 0.463 e. The Kier molecular flexibility index (Phi) is 8.93. The Morgan fingerprint density at radius 3 is 2.39 bits per heavy atom.